The number of imidazole rings is 1. The second kappa shape index (κ2) is 8.33. The monoisotopic (exact) mass is 378 g/mol. The summed E-state index contributed by atoms with van der Waals surface area (Å²) in [5.74, 6) is 1.68. The highest BCUT2D eigenvalue weighted by atomic mass is 16.5. The maximum Gasteiger partial charge on any atom is 0.322 e. The van der Waals surface area contributed by atoms with Crippen molar-refractivity contribution in [1.82, 2.24) is 15.3 Å². The van der Waals surface area contributed by atoms with Crippen LogP contribution < -0.4 is 15.0 Å². The van der Waals surface area contributed by atoms with Crippen LogP contribution >= 0.6 is 0 Å². The van der Waals surface area contributed by atoms with Gasteiger partial charge in [-0.15, -0.1) is 0 Å². The molecule has 28 heavy (non-hydrogen) atoms. The van der Waals surface area contributed by atoms with E-state index in [-0.39, 0.29) is 12.1 Å². The lowest BCUT2D eigenvalue weighted by atomic mass is 10.2. The third-order valence-corrected chi connectivity index (χ3v) is 5.34. The molecule has 1 fully saturated rings. The molecule has 0 bridgehead atoms. The average Bonchev–Trinajstić information content (AvgIpc) is 3.38. The van der Waals surface area contributed by atoms with E-state index < -0.39 is 0 Å². The molecule has 1 saturated carbocycles. The van der Waals surface area contributed by atoms with Crippen LogP contribution in [0.15, 0.2) is 48.5 Å². The number of benzene rings is 2. The van der Waals surface area contributed by atoms with E-state index in [0.29, 0.717) is 13.0 Å². The lowest BCUT2D eigenvalue weighted by molar-refractivity contribution is 0.244. The second-order valence-electron chi connectivity index (χ2n) is 7.19. The van der Waals surface area contributed by atoms with Crippen LogP contribution in [0.25, 0.3) is 11.0 Å². The van der Waals surface area contributed by atoms with Gasteiger partial charge in [-0.05, 0) is 49.2 Å². The van der Waals surface area contributed by atoms with E-state index in [2.05, 4.69) is 15.3 Å². The molecule has 1 aliphatic rings. The number of aromatic nitrogens is 2. The fourth-order valence-corrected chi connectivity index (χ4v) is 3.90. The minimum absolute atomic E-state index is 0.0480. The van der Waals surface area contributed by atoms with E-state index in [1.807, 2.05) is 53.4 Å². The van der Waals surface area contributed by atoms with Gasteiger partial charge in [0.2, 0.25) is 0 Å². The quantitative estimate of drug-likeness (QED) is 0.673. The first-order valence-electron chi connectivity index (χ1n) is 9.89. The highest BCUT2D eigenvalue weighted by molar-refractivity contribution is 5.92. The molecule has 4 rings (SSSR count). The Morgan fingerprint density at radius 2 is 1.93 bits per heavy atom. The number of ether oxygens (including phenoxy) is 1. The normalized spacial score (nSPS) is 14.3. The van der Waals surface area contributed by atoms with Crippen LogP contribution in [0.3, 0.4) is 0 Å². The van der Waals surface area contributed by atoms with Gasteiger partial charge in [-0.2, -0.15) is 0 Å². The molecule has 6 heteroatoms. The maximum absolute atomic E-state index is 13.0. The first-order chi connectivity index (χ1) is 13.7. The van der Waals surface area contributed by atoms with Crippen molar-refractivity contribution in [1.29, 1.82) is 0 Å². The molecule has 2 amide bonds. The lowest BCUT2D eigenvalue weighted by Crippen LogP contribution is -2.46. The molecule has 2 aromatic carbocycles. The van der Waals surface area contributed by atoms with Gasteiger partial charge in [0, 0.05) is 24.7 Å². The van der Waals surface area contributed by atoms with Crippen LogP contribution in [0, 0.1) is 0 Å². The zero-order valence-electron chi connectivity index (χ0n) is 16.1. The van der Waals surface area contributed by atoms with Crippen LogP contribution in [0.4, 0.5) is 10.5 Å². The summed E-state index contributed by atoms with van der Waals surface area (Å²) >= 11 is 0. The summed E-state index contributed by atoms with van der Waals surface area (Å²) < 4.78 is 5.24. The van der Waals surface area contributed by atoms with Gasteiger partial charge in [-0.25, -0.2) is 9.78 Å². The van der Waals surface area contributed by atoms with Gasteiger partial charge in [0.25, 0.3) is 0 Å². The molecule has 0 spiro atoms. The number of anilines is 1. The maximum atomic E-state index is 13.0. The molecule has 0 saturated heterocycles. The molecule has 6 nitrogen and oxygen atoms in total. The zero-order chi connectivity index (χ0) is 19.3. The summed E-state index contributed by atoms with van der Waals surface area (Å²) in [6.45, 7) is 0.540. The van der Waals surface area contributed by atoms with Crippen molar-refractivity contribution in [2.24, 2.45) is 0 Å². The van der Waals surface area contributed by atoms with E-state index in [9.17, 15) is 4.79 Å². The topological polar surface area (TPSA) is 70.2 Å². The number of nitrogens with zero attached hydrogens (tertiary/aromatic N) is 2. The summed E-state index contributed by atoms with van der Waals surface area (Å²) in [5.41, 5.74) is 2.89. The predicted octanol–water partition coefficient (Wildman–Crippen LogP) is 4.27. The summed E-state index contributed by atoms with van der Waals surface area (Å²) in [7, 11) is 1.65. The van der Waals surface area contributed by atoms with Crippen LogP contribution in [0.1, 0.15) is 31.5 Å². The number of hydrogen-bond acceptors (Lipinski definition) is 3. The fourth-order valence-electron chi connectivity index (χ4n) is 3.90. The smallest absolute Gasteiger partial charge is 0.322 e. The number of carbonyl (C=O) groups excluding carboxylic acids is 1. The number of amides is 2. The molecule has 0 atom stereocenters. The van der Waals surface area contributed by atoms with Crippen LogP contribution in [-0.4, -0.2) is 35.7 Å². The van der Waals surface area contributed by atoms with Gasteiger partial charge in [0.05, 0.1) is 18.1 Å². The van der Waals surface area contributed by atoms with Crippen LogP contribution in [0.5, 0.6) is 5.75 Å². The lowest BCUT2D eigenvalue weighted by Gasteiger charge is -2.29. The molecule has 0 aliphatic heterocycles. The number of H-pyrrole nitrogens is 1. The first-order valence-corrected chi connectivity index (χ1v) is 9.89. The summed E-state index contributed by atoms with van der Waals surface area (Å²) in [5, 5.41) is 3.08. The van der Waals surface area contributed by atoms with Crippen LogP contribution in [0.2, 0.25) is 0 Å². The first kappa shape index (κ1) is 18.3. The SMILES string of the molecule is COc1ccc(N(C(=O)NCCc2nc3ccccc3[nH]2)C2CCCC2)cc1. The Balaban J connectivity index is 1.42. The van der Waals surface area contributed by atoms with E-state index in [4.69, 9.17) is 4.74 Å². The molecule has 2 N–H and O–H groups in total. The van der Waals surface area contributed by atoms with Gasteiger partial charge in [-0.3, -0.25) is 4.90 Å². The van der Waals surface area contributed by atoms with Gasteiger partial charge < -0.3 is 15.0 Å². The van der Waals surface area contributed by atoms with Crippen molar-refractivity contribution < 1.29 is 9.53 Å². The van der Waals surface area contributed by atoms with Crippen molar-refractivity contribution in [3.8, 4) is 5.75 Å². The number of methoxy groups -OCH3 is 1. The fraction of sp³-hybridized carbons (Fsp3) is 0.364. The second-order valence-corrected chi connectivity index (χ2v) is 7.19. The van der Waals surface area contributed by atoms with E-state index in [0.717, 1.165) is 41.1 Å². The summed E-state index contributed by atoms with van der Waals surface area (Å²) in [6, 6.07) is 15.9. The van der Waals surface area contributed by atoms with E-state index >= 15 is 0 Å². The molecule has 0 unspecified atom stereocenters. The molecular weight excluding hydrogens is 352 g/mol. The number of hydrogen-bond donors (Lipinski definition) is 2. The minimum atomic E-state index is -0.0480. The highest BCUT2D eigenvalue weighted by Gasteiger charge is 2.28. The number of para-hydroxylation sites is 2. The third-order valence-electron chi connectivity index (χ3n) is 5.34. The van der Waals surface area contributed by atoms with Gasteiger partial charge in [-0.1, -0.05) is 25.0 Å². The number of urea groups is 1. The summed E-state index contributed by atoms with van der Waals surface area (Å²) in [4.78, 5) is 22.8. The number of aromatic amines is 1. The Morgan fingerprint density at radius 3 is 2.64 bits per heavy atom. The standard InChI is InChI=1S/C22H26N4O2/c1-28-18-12-10-17(11-13-18)26(16-6-2-3-7-16)22(27)23-15-14-21-24-19-8-4-5-9-20(19)25-21/h4-5,8-13,16H,2-3,6-7,14-15H2,1H3,(H,23,27)(H,24,25). The Labute approximate surface area is 164 Å². The third kappa shape index (κ3) is 3.96. The number of rotatable bonds is 6. The molecule has 1 aliphatic carbocycles. The highest BCUT2D eigenvalue weighted by Crippen LogP contribution is 2.29. The molecule has 1 aromatic heterocycles. The van der Waals surface area contributed by atoms with E-state index in [1.54, 1.807) is 7.11 Å². The average molecular weight is 378 g/mol. The Hall–Kier alpha value is -3.02. The van der Waals surface area contributed by atoms with Crippen molar-refractivity contribution >= 4 is 22.8 Å². The molecule has 1 heterocycles. The van der Waals surface area contributed by atoms with Gasteiger partial charge in [0.15, 0.2) is 0 Å². The molecule has 0 radical (unpaired) electrons. The Morgan fingerprint density at radius 1 is 1.18 bits per heavy atom. The minimum Gasteiger partial charge on any atom is -0.497 e. The van der Waals surface area contributed by atoms with Crippen molar-refractivity contribution in [2.75, 3.05) is 18.6 Å². The van der Waals surface area contributed by atoms with Crippen molar-refractivity contribution in [3.05, 3.63) is 54.4 Å². The summed E-state index contributed by atoms with van der Waals surface area (Å²) in [6.07, 6.45) is 5.10. The number of carbonyl (C=O) groups is 1. The van der Waals surface area contributed by atoms with Crippen molar-refractivity contribution in [3.63, 3.8) is 0 Å². The predicted molar refractivity (Wildman–Crippen MR) is 111 cm³/mol. The molecule has 3 aromatic rings. The van der Waals surface area contributed by atoms with Gasteiger partial charge in [0.1, 0.15) is 11.6 Å². The van der Waals surface area contributed by atoms with Crippen LogP contribution in [-0.2, 0) is 6.42 Å². The number of nitrogens with one attached hydrogen (secondary N) is 2. The number of fused-ring (bicyclic) bond motifs is 1. The van der Waals surface area contributed by atoms with Gasteiger partial charge >= 0.3 is 6.03 Å². The molecular formula is C22H26N4O2. The Kier molecular flexibility index (Phi) is 5.46. The largest absolute Gasteiger partial charge is 0.497 e. The van der Waals surface area contributed by atoms with E-state index in [1.165, 1.54) is 12.8 Å². The molecule has 146 valence electrons. The Bertz CT molecular complexity index is 896. The zero-order valence-corrected chi connectivity index (χ0v) is 16.1. The van der Waals surface area contributed by atoms with Crippen molar-refractivity contribution in [2.45, 2.75) is 38.1 Å².